The summed E-state index contributed by atoms with van der Waals surface area (Å²) in [4.78, 5) is 9.25. The molecule has 0 bridgehead atoms. The van der Waals surface area contributed by atoms with Gasteiger partial charge in [0.2, 0.25) is 0 Å². The highest BCUT2D eigenvalue weighted by molar-refractivity contribution is 9.14. The fourth-order valence-electron chi connectivity index (χ4n) is 6.61. The van der Waals surface area contributed by atoms with E-state index in [0.717, 1.165) is 51.8 Å². The van der Waals surface area contributed by atoms with Gasteiger partial charge in [-0.05, 0) is 165 Å². The van der Waals surface area contributed by atoms with Gasteiger partial charge in [0.15, 0.2) is 0 Å². The maximum absolute atomic E-state index is 5.40. The van der Waals surface area contributed by atoms with E-state index in [0.29, 0.717) is 0 Å². The number of aliphatic imine (C=N–C) groups is 1. The van der Waals surface area contributed by atoms with Crippen LogP contribution in [0.2, 0.25) is 0 Å². The quantitative estimate of drug-likeness (QED) is 0.213. The summed E-state index contributed by atoms with van der Waals surface area (Å²) >= 11 is 15.9. The Kier molecular flexibility index (Phi) is 8.86. The van der Waals surface area contributed by atoms with Crippen LogP contribution in [-0.4, -0.2) is 10.7 Å². The Bertz CT molecular complexity index is 1830. The number of nitrogens with zero attached hydrogens (tertiary/aromatic N) is 1. The van der Waals surface area contributed by atoms with Gasteiger partial charge in [0.1, 0.15) is 0 Å². The average molecular weight is 814 g/mol. The van der Waals surface area contributed by atoms with Crippen molar-refractivity contribution in [3.05, 3.63) is 127 Å². The lowest BCUT2D eigenvalue weighted by molar-refractivity contribution is 1.23. The van der Waals surface area contributed by atoms with E-state index in [1.807, 2.05) is 0 Å². The number of halogens is 4. The van der Waals surface area contributed by atoms with Crippen LogP contribution >= 0.6 is 63.7 Å². The molecule has 0 radical (unpaired) electrons. The van der Waals surface area contributed by atoms with E-state index < -0.39 is 0 Å². The summed E-state index contributed by atoms with van der Waals surface area (Å²) in [7, 11) is 0. The molecular weight excluding hydrogens is 780 g/mol. The normalized spacial score (nSPS) is 14.6. The highest BCUT2D eigenvalue weighted by Gasteiger charge is 2.31. The molecule has 1 aliphatic heterocycles. The van der Waals surface area contributed by atoms with Gasteiger partial charge in [-0.2, -0.15) is 0 Å². The van der Waals surface area contributed by atoms with Crippen molar-refractivity contribution in [2.45, 2.75) is 62.3 Å². The largest absolute Gasteiger partial charge is 0.353 e. The number of aromatic amines is 1. The lowest BCUT2D eigenvalue weighted by Crippen LogP contribution is -2.05. The van der Waals surface area contributed by atoms with E-state index in [4.69, 9.17) is 4.99 Å². The first-order valence-corrected chi connectivity index (χ1v) is 17.1. The first-order valence-electron chi connectivity index (χ1n) is 13.9. The van der Waals surface area contributed by atoms with Crippen molar-refractivity contribution in [1.82, 2.24) is 4.98 Å². The van der Waals surface area contributed by atoms with Gasteiger partial charge < -0.3 is 4.98 Å². The third kappa shape index (κ3) is 5.42. The minimum atomic E-state index is 0.893. The molecule has 0 amide bonds. The minimum absolute atomic E-state index is 0.893. The van der Waals surface area contributed by atoms with E-state index in [1.165, 1.54) is 61.2 Å². The molecule has 3 aromatic carbocycles. The lowest BCUT2D eigenvalue weighted by Gasteiger charge is -2.17. The van der Waals surface area contributed by atoms with Gasteiger partial charge in [0.25, 0.3) is 0 Å². The molecule has 216 valence electrons. The van der Waals surface area contributed by atoms with E-state index in [1.54, 1.807) is 0 Å². The Labute approximate surface area is 283 Å². The van der Waals surface area contributed by atoms with Gasteiger partial charge in [-0.1, -0.05) is 53.1 Å². The monoisotopic (exact) mass is 810 g/mol. The smallest absolute Gasteiger partial charge is 0.0891 e. The van der Waals surface area contributed by atoms with E-state index in [9.17, 15) is 0 Å². The zero-order valence-corrected chi connectivity index (χ0v) is 31.8. The molecule has 1 aromatic heterocycles. The van der Waals surface area contributed by atoms with E-state index >= 15 is 0 Å². The molecule has 1 N–H and O–H groups in total. The molecule has 42 heavy (non-hydrogen) atoms. The highest BCUT2D eigenvalue weighted by Crippen LogP contribution is 2.48. The second kappa shape index (κ2) is 11.8. The Morgan fingerprint density at radius 3 is 1.45 bits per heavy atom. The Balaban J connectivity index is 1.89. The van der Waals surface area contributed by atoms with Crippen LogP contribution in [0.5, 0.6) is 0 Å². The standard InChI is InChI=1S/C36H34Br4N2/c1-16-10-19(4)25(20(5)11-16)28(35-31(39)29(37)33(41-35)26-21(6)12-17(2)13-22(26)7)36-32(40)30(38)34(42-36)27-23(8)14-18(3)15-24(27)9/h10-15,41H,1-9H3/b36-28+. The average Bonchev–Trinajstić information content (AvgIpc) is 3.31. The summed E-state index contributed by atoms with van der Waals surface area (Å²) < 4.78 is 3.87. The topological polar surface area (TPSA) is 28.1 Å². The zero-order chi connectivity index (χ0) is 30.8. The van der Waals surface area contributed by atoms with Crippen LogP contribution in [-0.2, 0) is 0 Å². The van der Waals surface area contributed by atoms with Crippen LogP contribution in [0, 0.1) is 62.3 Å². The van der Waals surface area contributed by atoms with Crippen molar-refractivity contribution >= 4 is 75.0 Å². The summed E-state index contributed by atoms with van der Waals surface area (Å²) in [5.74, 6) is 0. The molecule has 0 spiro atoms. The summed E-state index contributed by atoms with van der Waals surface area (Å²) in [6.07, 6.45) is 0. The molecule has 0 unspecified atom stereocenters. The van der Waals surface area contributed by atoms with Gasteiger partial charge in [0.05, 0.1) is 40.7 Å². The number of aromatic nitrogens is 1. The molecule has 4 aromatic rings. The minimum Gasteiger partial charge on any atom is -0.353 e. The first-order chi connectivity index (χ1) is 19.7. The zero-order valence-electron chi connectivity index (χ0n) is 25.4. The molecule has 2 heterocycles. The third-order valence-corrected chi connectivity index (χ3v) is 12.2. The van der Waals surface area contributed by atoms with Crippen LogP contribution < -0.4 is 0 Å². The Hall–Kier alpha value is -1.99. The van der Waals surface area contributed by atoms with Crippen molar-refractivity contribution in [2.24, 2.45) is 4.99 Å². The van der Waals surface area contributed by atoms with Crippen molar-refractivity contribution in [3.63, 3.8) is 0 Å². The van der Waals surface area contributed by atoms with E-state index in [-0.39, 0.29) is 0 Å². The van der Waals surface area contributed by atoms with Crippen LogP contribution in [0.15, 0.2) is 65.0 Å². The number of allylic oxidation sites excluding steroid dienone is 2. The maximum atomic E-state index is 5.40. The van der Waals surface area contributed by atoms with Crippen LogP contribution in [0.25, 0.3) is 16.8 Å². The van der Waals surface area contributed by atoms with Crippen molar-refractivity contribution in [1.29, 1.82) is 0 Å². The second-order valence-corrected chi connectivity index (χ2v) is 14.8. The fourth-order valence-corrected chi connectivity index (χ4v) is 8.55. The highest BCUT2D eigenvalue weighted by atomic mass is 79.9. The van der Waals surface area contributed by atoms with Gasteiger partial charge in [-0.3, -0.25) is 0 Å². The van der Waals surface area contributed by atoms with Gasteiger partial charge in [-0.15, -0.1) is 0 Å². The predicted molar refractivity (Wildman–Crippen MR) is 195 cm³/mol. The van der Waals surface area contributed by atoms with Gasteiger partial charge in [0, 0.05) is 16.7 Å². The Morgan fingerprint density at radius 2 is 0.976 bits per heavy atom. The molecule has 1 aliphatic rings. The molecular formula is C36H34Br4N2. The molecule has 0 aliphatic carbocycles. The number of hydrogen-bond donors (Lipinski definition) is 1. The lowest BCUT2D eigenvalue weighted by atomic mass is 9.90. The summed E-state index contributed by atoms with van der Waals surface area (Å²) in [6, 6.07) is 13.5. The molecule has 0 atom stereocenters. The summed E-state index contributed by atoms with van der Waals surface area (Å²) in [5.41, 5.74) is 19.5. The number of rotatable bonds is 4. The third-order valence-electron chi connectivity index (χ3n) is 7.97. The molecule has 0 saturated heterocycles. The number of H-pyrrole nitrogens is 1. The molecule has 0 saturated carbocycles. The number of nitrogens with one attached hydrogen (secondary N) is 1. The number of hydrogen-bond acceptors (Lipinski definition) is 1. The predicted octanol–water partition coefficient (Wildman–Crippen LogP) is 12.2. The Morgan fingerprint density at radius 1 is 0.548 bits per heavy atom. The molecule has 0 fully saturated rings. The van der Waals surface area contributed by atoms with Crippen molar-refractivity contribution in [2.75, 3.05) is 0 Å². The summed E-state index contributed by atoms with van der Waals surface area (Å²) in [6.45, 7) is 19.5. The first kappa shape index (κ1) is 31.4. The van der Waals surface area contributed by atoms with Crippen LogP contribution in [0.4, 0.5) is 0 Å². The number of benzene rings is 3. The van der Waals surface area contributed by atoms with E-state index in [2.05, 4.69) is 167 Å². The SMILES string of the molecule is Cc1cc(C)c(C2=N/C(=C(/c3[nH]c(-c4c(C)cc(C)cc4C)c(Br)c3Br)c3c(C)cc(C)cc3C)C(Br)=C2Br)c(C)c1. The molecule has 6 heteroatoms. The maximum Gasteiger partial charge on any atom is 0.0891 e. The van der Waals surface area contributed by atoms with Gasteiger partial charge >= 0.3 is 0 Å². The molecule has 2 nitrogen and oxygen atoms in total. The second-order valence-electron chi connectivity index (χ2n) is 11.6. The van der Waals surface area contributed by atoms with Crippen molar-refractivity contribution in [3.8, 4) is 11.3 Å². The molecule has 5 rings (SSSR count). The summed E-state index contributed by atoms with van der Waals surface area (Å²) in [5, 5.41) is 0. The van der Waals surface area contributed by atoms with Crippen LogP contribution in [0.3, 0.4) is 0 Å². The van der Waals surface area contributed by atoms with Crippen molar-refractivity contribution < 1.29 is 0 Å². The van der Waals surface area contributed by atoms with Gasteiger partial charge in [-0.25, -0.2) is 4.99 Å². The van der Waals surface area contributed by atoms with Crippen LogP contribution in [0.1, 0.15) is 66.9 Å². The fraction of sp³-hybridized carbons (Fsp3) is 0.250. The number of aryl methyl sites for hydroxylation is 9.